The molecule has 3 heteroatoms. The van der Waals surface area contributed by atoms with E-state index in [4.69, 9.17) is 0 Å². The highest BCUT2D eigenvalue weighted by atomic mass is 19.1. The van der Waals surface area contributed by atoms with Gasteiger partial charge in [0.15, 0.2) is 0 Å². The zero-order valence-electron chi connectivity index (χ0n) is 11.3. The van der Waals surface area contributed by atoms with Gasteiger partial charge in [-0.05, 0) is 43.6 Å². The first-order chi connectivity index (χ1) is 8.59. The third-order valence-corrected chi connectivity index (χ3v) is 3.77. The molecular formula is C15H23FN2. The first-order valence-electron chi connectivity index (χ1n) is 6.76. The van der Waals surface area contributed by atoms with E-state index in [2.05, 4.69) is 24.5 Å². The molecule has 0 aromatic heterocycles. The molecule has 0 aliphatic carbocycles. The summed E-state index contributed by atoms with van der Waals surface area (Å²) in [5.41, 5.74) is 0.624. The Labute approximate surface area is 109 Å². The number of hydrogen-bond donors (Lipinski definition) is 2. The van der Waals surface area contributed by atoms with E-state index >= 15 is 0 Å². The van der Waals surface area contributed by atoms with Crippen LogP contribution < -0.4 is 10.6 Å². The molecule has 100 valence electrons. The first kappa shape index (κ1) is 13.5. The van der Waals surface area contributed by atoms with Crippen molar-refractivity contribution in [2.24, 2.45) is 5.92 Å². The van der Waals surface area contributed by atoms with Gasteiger partial charge in [-0.3, -0.25) is 0 Å². The third-order valence-electron chi connectivity index (χ3n) is 3.77. The van der Waals surface area contributed by atoms with Crippen molar-refractivity contribution in [1.29, 1.82) is 0 Å². The Bertz CT molecular complexity index is 384. The lowest BCUT2D eigenvalue weighted by Crippen LogP contribution is -2.36. The van der Waals surface area contributed by atoms with E-state index in [9.17, 15) is 4.39 Å². The van der Waals surface area contributed by atoms with Crippen molar-refractivity contribution >= 4 is 0 Å². The minimum Gasteiger partial charge on any atom is -0.316 e. The highest BCUT2D eigenvalue weighted by Gasteiger charge is 2.24. The largest absolute Gasteiger partial charge is 0.316 e. The summed E-state index contributed by atoms with van der Waals surface area (Å²) in [5, 5.41) is 6.85. The average molecular weight is 250 g/mol. The van der Waals surface area contributed by atoms with Crippen LogP contribution in [0.25, 0.3) is 0 Å². The maximum Gasteiger partial charge on any atom is 0.126 e. The number of halogens is 1. The van der Waals surface area contributed by atoms with Crippen molar-refractivity contribution < 1.29 is 4.39 Å². The van der Waals surface area contributed by atoms with Crippen LogP contribution in [-0.2, 0) is 5.41 Å². The molecule has 0 radical (unpaired) electrons. The lowest BCUT2D eigenvalue weighted by atomic mass is 9.84. The average Bonchev–Trinajstić information content (AvgIpc) is 2.82. The Hall–Kier alpha value is -0.930. The van der Waals surface area contributed by atoms with E-state index in [1.54, 1.807) is 6.07 Å². The van der Waals surface area contributed by atoms with Crippen molar-refractivity contribution in [3.05, 3.63) is 35.6 Å². The van der Waals surface area contributed by atoms with Crippen LogP contribution in [0.3, 0.4) is 0 Å². The van der Waals surface area contributed by atoms with Crippen LogP contribution in [0, 0.1) is 11.7 Å². The quantitative estimate of drug-likeness (QED) is 0.838. The van der Waals surface area contributed by atoms with Gasteiger partial charge in [-0.2, -0.15) is 0 Å². The molecule has 1 unspecified atom stereocenters. The molecule has 2 nitrogen and oxygen atoms in total. The van der Waals surface area contributed by atoms with Gasteiger partial charge in [0.05, 0.1) is 0 Å². The number of benzene rings is 1. The Morgan fingerprint density at radius 1 is 1.39 bits per heavy atom. The second kappa shape index (κ2) is 5.81. The summed E-state index contributed by atoms with van der Waals surface area (Å²) >= 11 is 0. The normalized spacial score (nSPS) is 20.3. The molecule has 1 aromatic carbocycles. The zero-order chi connectivity index (χ0) is 13.0. The molecule has 1 heterocycles. The van der Waals surface area contributed by atoms with Crippen molar-refractivity contribution in [2.45, 2.75) is 25.7 Å². The predicted octanol–water partition coefficient (Wildman–Crippen LogP) is 2.30. The van der Waals surface area contributed by atoms with E-state index < -0.39 is 0 Å². The molecule has 1 saturated heterocycles. The van der Waals surface area contributed by atoms with Crippen LogP contribution in [0.5, 0.6) is 0 Å². The molecule has 2 N–H and O–H groups in total. The van der Waals surface area contributed by atoms with Crippen LogP contribution in [0.2, 0.25) is 0 Å². The second-order valence-corrected chi connectivity index (χ2v) is 5.85. The molecule has 1 aliphatic heterocycles. The predicted molar refractivity (Wildman–Crippen MR) is 73.3 cm³/mol. The van der Waals surface area contributed by atoms with Gasteiger partial charge < -0.3 is 10.6 Å². The Morgan fingerprint density at radius 3 is 2.83 bits per heavy atom. The zero-order valence-corrected chi connectivity index (χ0v) is 11.3. The molecule has 1 aliphatic rings. The van der Waals surface area contributed by atoms with Crippen LogP contribution in [0.15, 0.2) is 24.3 Å². The Morgan fingerprint density at radius 2 is 2.17 bits per heavy atom. The van der Waals surface area contributed by atoms with Crippen LogP contribution >= 0.6 is 0 Å². The van der Waals surface area contributed by atoms with E-state index in [0.717, 1.165) is 37.7 Å². The summed E-state index contributed by atoms with van der Waals surface area (Å²) < 4.78 is 13.8. The Balaban J connectivity index is 1.88. The van der Waals surface area contributed by atoms with Crippen molar-refractivity contribution in [2.75, 3.05) is 26.2 Å². The van der Waals surface area contributed by atoms with Crippen LogP contribution in [0.1, 0.15) is 25.8 Å². The lowest BCUT2D eigenvalue weighted by molar-refractivity contribution is 0.417. The van der Waals surface area contributed by atoms with E-state index in [1.807, 2.05) is 12.1 Å². The summed E-state index contributed by atoms with van der Waals surface area (Å²) in [6.45, 7) is 8.24. The first-order valence-corrected chi connectivity index (χ1v) is 6.76. The highest BCUT2D eigenvalue weighted by molar-refractivity contribution is 5.25. The minimum absolute atomic E-state index is 0.105. The summed E-state index contributed by atoms with van der Waals surface area (Å²) in [5.74, 6) is 0.619. The van der Waals surface area contributed by atoms with Crippen molar-refractivity contribution in [3.63, 3.8) is 0 Å². The second-order valence-electron chi connectivity index (χ2n) is 5.85. The maximum absolute atomic E-state index is 13.8. The fourth-order valence-electron chi connectivity index (χ4n) is 2.58. The van der Waals surface area contributed by atoms with Gasteiger partial charge in [-0.25, -0.2) is 4.39 Å². The van der Waals surface area contributed by atoms with E-state index in [1.165, 1.54) is 12.5 Å². The van der Waals surface area contributed by atoms with E-state index in [-0.39, 0.29) is 11.2 Å². The smallest absolute Gasteiger partial charge is 0.126 e. The number of rotatable bonds is 5. The standard InChI is InChI=1S/C15H23FN2/c1-15(2,13-5-3-4-6-14(13)16)11-18-10-12-7-8-17-9-12/h3-6,12,17-18H,7-11H2,1-2H3. The van der Waals surface area contributed by atoms with Gasteiger partial charge in [0.2, 0.25) is 0 Å². The van der Waals surface area contributed by atoms with Gasteiger partial charge in [-0.1, -0.05) is 32.0 Å². The maximum atomic E-state index is 13.8. The van der Waals surface area contributed by atoms with Gasteiger partial charge in [0.1, 0.15) is 5.82 Å². The highest BCUT2D eigenvalue weighted by Crippen LogP contribution is 2.24. The fraction of sp³-hybridized carbons (Fsp3) is 0.600. The molecule has 1 aromatic rings. The number of nitrogens with one attached hydrogen (secondary N) is 2. The van der Waals surface area contributed by atoms with Crippen molar-refractivity contribution in [1.82, 2.24) is 10.6 Å². The molecule has 2 rings (SSSR count). The molecule has 18 heavy (non-hydrogen) atoms. The molecule has 1 fully saturated rings. The molecule has 1 atom stereocenters. The van der Waals surface area contributed by atoms with Crippen molar-refractivity contribution in [3.8, 4) is 0 Å². The van der Waals surface area contributed by atoms with Gasteiger partial charge in [0.25, 0.3) is 0 Å². The molecule has 0 amide bonds. The van der Waals surface area contributed by atoms with E-state index in [0.29, 0.717) is 0 Å². The molecule has 0 spiro atoms. The lowest BCUT2D eigenvalue weighted by Gasteiger charge is -2.27. The molecular weight excluding hydrogens is 227 g/mol. The van der Waals surface area contributed by atoms with Gasteiger partial charge in [0, 0.05) is 12.0 Å². The van der Waals surface area contributed by atoms with Gasteiger partial charge >= 0.3 is 0 Å². The monoisotopic (exact) mass is 250 g/mol. The van der Waals surface area contributed by atoms with Crippen LogP contribution in [-0.4, -0.2) is 26.2 Å². The summed E-state index contributed by atoms with van der Waals surface area (Å²) in [4.78, 5) is 0. The Kier molecular flexibility index (Phi) is 4.36. The minimum atomic E-state index is -0.169. The third kappa shape index (κ3) is 3.30. The fourth-order valence-corrected chi connectivity index (χ4v) is 2.58. The van der Waals surface area contributed by atoms with Gasteiger partial charge in [-0.15, -0.1) is 0 Å². The summed E-state index contributed by atoms with van der Waals surface area (Å²) in [7, 11) is 0. The van der Waals surface area contributed by atoms with Crippen LogP contribution in [0.4, 0.5) is 4.39 Å². The molecule has 0 bridgehead atoms. The summed E-state index contributed by atoms with van der Waals surface area (Å²) in [6, 6.07) is 7.07. The topological polar surface area (TPSA) is 24.1 Å². The number of hydrogen-bond acceptors (Lipinski definition) is 2. The SMILES string of the molecule is CC(C)(CNCC1CCNC1)c1ccccc1F. The molecule has 0 saturated carbocycles. The summed E-state index contributed by atoms with van der Waals surface area (Å²) in [6.07, 6.45) is 1.24.